The number of fused-ring (bicyclic) bond motifs is 1. The summed E-state index contributed by atoms with van der Waals surface area (Å²) in [6, 6.07) is 17.4. The molecule has 1 atom stereocenters. The van der Waals surface area contributed by atoms with Gasteiger partial charge in [-0.3, -0.25) is 0 Å². The highest BCUT2D eigenvalue weighted by atomic mass is 16.5. The third-order valence-electron chi connectivity index (χ3n) is 4.42. The van der Waals surface area contributed by atoms with Crippen LogP contribution in [0.3, 0.4) is 0 Å². The van der Waals surface area contributed by atoms with Crippen LogP contribution in [0.1, 0.15) is 17.2 Å². The van der Waals surface area contributed by atoms with E-state index in [1.54, 1.807) is 18.1 Å². The first-order chi connectivity index (χ1) is 12.7. The summed E-state index contributed by atoms with van der Waals surface area (Å²) in [7, 11) is 1.77. The van der Waals surface area contributed by atoms with Crippen LogP contribution in [0.4, 0.5) is 4.79 Å². The van der Waals surface area contributed by atoms with Crippen molar-refractivity contribution in [2.75, 3.05) is 13.7 Å². The maximum atomic E-state index is 12.5. The molecule has 0 unspecified atom stereocenters. The second kappa shape index (κ2) is 6.92. The molecule has 2 aromatic carbocycles. The van der Waals surface area contributed by atoms with Crippen molar-refractivity contribution >= 4 is 6.03 Å². The topological polar surface area (TPSA) is 59.4 Å². The van der Waals surface area contributed by atoms with Crippen molar-refractivity contribution in [3.8, 4) is 11.4 Å². The summed E-state index contributed by atoms with van der Waals surface area (Å²) in [5.41, 5.74) is 2.98. The molecule has 1 aliphatic rings. The Balaban J connectivity index is 1.39. The number of amides is 2. The molecule has 3 aromatic rings. The lowest BCUT2D eigenvalue weighted by molar-refractivity contribution is 0.199. The quantitative estimate of drug-likeness (QED) is 0.788. The lowest BCUT2D eigenvalue weighted by Gasteiger charge is -2.20. The van der Waals surface area contributed by atoms with Crippen molar-refractivity contribution in [2.45, 2.75) is 12.6 Å². The zero-order chi connectivity index (χ0) is 17.9. The molecule has 1 aromatic heterocycles. The number of para-hydroxylation sites is 2. The molecule has 2 heterocycles. The highest BCUT2D eigenvalue weighted by Gasteiger charge is 2.26. The maximum absolute atomic E-state index is 12.5. The highest BCUT2D eigenvalue weighted by molar-refractivity contribution is 5.74. The van der Waals surface area contributed by atoms with Gasteiger partial charge in [-0.25, -0.2) is 9.48 Å². The molecule has 1 aliphatic heterocycles. The monoisotopic (exact) mass is 348 g/mol. The number of ether oxygens (including phenoxy) is 1. The van der Waals surface area contributed by atoms with Crippen LogP contribution < -0.4 is 10.1 Å². The van der Waals surface area contributed by atoms with Crippen molar-refractivity contribution in [2.24, 2.45) is 0 Å². The normalized spacial score (nSPS) is 15.2. The molecule has 1 N–H and O–H groups in total. The Morgan fingerprint density at radius 1 is 1.23 bits per heavy atom. The second-order valence-corrected chi connectivity index (χ2v) is 6.34. The Bertz CT molecular complexity index is 907. The highest BCUT2D eigenvalue weighted by Crippen LogP contribution is 2.31. The first kappa shape index (κ1) is 16.2. The van der Waals surface area contributed by atoms with Crippen LogP contribution in [0.5, 0.6) is 5.75 Å². The van der Waals surface area contributed by atoms with Crippen molar-refractivity contribution in [1.82, 2.24) is 20.0 Å². The van der Waals surface area contributed by atoms with Crippen LogP contribution in [0.15, 0.2) is 67.0 Å². The molecule has 0 saturated carbocycles. The number of nitrogens with zero attached hydrogens (tertiary/aromatic N) is 3. The number of aromatic nitrogens is 2. The SMILES string of the molecule is CN(Cc1cnn(-c2ccccc2)c1)C(=O)N[C@H]1COc2ccccc21. The van der Waals surface area contributed by atoms with Crippen LogP contribution in [0, 0.1) is 0 Å². The lowest BCUT2D eigenvalue weighted by Crippen LogP contribution is -2.39. The van der Waals surface area contributed by atoms with E-state index < -0.39 is 0 Å². The molecule has 0 bridgehead atoms. The van der Waals surface area contributed by atoms with E-state index in [-0.39, 0.29) is 12.1 Å². The lowest BCUT2D eigenvalue weighted by atomic mass is 10.1. The summed E-state index contributed by atoms with van der Waals surface area (Å²) in [5.74, 6) is 0.838. The number of carbonyl (C=O) groups excluding carboxylic acids is 1. The molecule has 0 radical (unpaired) electrons. The van der Waals surface area contributed by atoms with Gasteiger partial charge in [0.25, 0.3) is 0 Å². The van der Waals surface area contributed by atoms with Crippen LogP contribution >= 0.6 is 0 Å². The molecule has 2 amide bonds. The molecule has 26 heavy (non-hydrogen) atoms. The van der Waals surface area contributed by atoms with E-state index in [1.165, 1.54) is 0 Å². The molecule has 0 spiro atoms. The molecule has 6 heteroatoms. The Hall–Kier alpha value is -3.28. The maximum Gasteiger partial charge on any atom is 0.318 e. The average molecular weight is 348 g/mol. The molecular formula is C20H20N4O2. The number of carbonyl (C=O) groups is 1. The fraction of sp³-hybridized carbons (Fsp3) is 0.200. The summed E-state index contributed by atoms with van der Waals surface area (Å²) in [5, 5.41) is 7.40. The van der Waals surface area contributed by atoms with E-state index in [1.807, 2.05) is 65.5 Å². The van der Waals surface area contributed by atoms with Crippen LogP contribution in [0.25, 0.3) is 5.69 Å². The summed E-state index contributed by atoms with van der Waals surface area (Å²) >= 11 is 0. The van der Waals surface area contributed by atoms with E-state index in [0.717, 1.165) is 22.6 Å². The zero-order valence-corrected chi connectivity index (χ0v) is 14.5. The molecule has 132 valence electrons. The fourth-order valence-electron chi connectivity index (χ4n) is 3.05. The van der Waals surface area contributed by atoms with Gasteiger partial charge in [-0.1, -0.05) is 36.4 Å². The van der Waals surface area contributed by atoms with E-state index in [2.05, 4.69) is 10.4 Å². The predicted octanol–water partition coefficient (Wildman–Crippen LogP) is 3.15. The first-order valence-electron chi connectivity index (χ1n) is 8.53. The van der Waals surface area contributed by atoms with Crippen molar-refractivity contribution in [3.05, 3.63) is 78.1 Å². The van der Waals surface area contributed by atoms with Crippen molar-refractivity contribution < 1.29 is 9.53 Å². The molecule has 0 fully saturated rings. The smallest absolute Gasteiger partial charge is 0.318 e. The van der Waals surface area contributed by atoms with Gasteiger partial charge in [0.15, 0.2) is 0 Å². The summed E-state index contributed by atoms with van der Waals surface area (Å²) < 4.78 is 7.42. The van der Waals surface area contributed by atoms with Crippen LogP contribution in [0.2, 0.25) is 0 Å². The zero-order valence-electron chi connectivity index (χ0n) is 14.5. The van der Waals surface area contributed by atoms with Gasteiger partial charge in [-0.05, 0) is 18.2 Å². The number of hydrogen-bond acceptors (Lipinski definition) is 3. The number of hydrogen-bond donors (Lipinski definition) is 1. The summed E-state index contributed by atoms with van der Waals surface area (Å²) in [4.78, 5) is 14.2. The largest absolute Gasteiger partial charge is 0.491 e. The Labute approximate surface area is 152 Å². The molecule has 0 saturated heterocycles. The van der Waals surface area contributed by atoms with Gasteiger partial charge < -0.3 is 15.0 Å². The van der Waals surface area contributed by atoms with E-state index in [4.69, 9.17) is 4.74 Å². The van der Waals surface area contributed by atoms with Crippen LogP contribution in [-0.4, -0.2) is 34.4 Å². The third kappa shape index (κ3) is 3.26. The Kier molecular flexibility index (Phi) is 4.31. The minimum absolute atomic E-state index is 0.117. The molecule has 4 rings (SSSR count). The number of rotatable bonds is 4. The van der Waals surface area contributed by atoms with Crippen molar-refractivity contribution in [3.63, 3.8) is 0 Å². The number of nitrogens with one attached hydrogen (secondary N) is 1. The third-order valence-corrected chi connectivity index (χ3v) is 4.42. The molecule has 6 nitrogen and oxygen atoms in total. The van der Waals surface area contributed by atoms with Gasteiger partial charge in [0.05, 0.1) is 24.5 Å². The molecule has 0 aliphatic carbocycles. The van der Waals surface area contributed by atoms with E-state index in [0.29, 0.717) is 13.2 Å². The van der Waals surface area contributed by atoms with Gasteiger partial charge in [0, 0.05) is 24.4 Å². The minimum Gasteiger partial charge on any atom is -0.491 e. The average Bonchev–Trinajstić information content (AvgIpc) is 3.30. The standard InChI is InChI=1S/C20H20N4O2/c1-23(12-15-11-21-24(13-15)16-7-3-2-4-8-16)20(25)22-18-14-26-19-10-6-5-9-17(18)19/h2-11,13,18H,12,14H2,1H3,(H,22,25)/t18-/m0/s1. The van der Waals surface area contributed by atoms with Gasteiger partial charge >= 0.3 is 6.03 Å². The van der Waals surface area contributed by atoms with Crippen LogP contribution in [-0.2, 0) is 6.54 Å². The Morgan fingerprint density at radius 3 is 2.85 bits per heavy atom. The summed E-state index contributed by atoms with van der Waals surface area (Å²) in [6.45, 7) is 0.943. The van der Waals surface area contributed by atoms with E-state index in [9.17, 15) is 4.79 Å². The van der Waals surface area contributed by atoms with Gasteiger partial charge in [0.2, 0.25) is 0 Å². The first-order valence-corrected chi connectivity index (χ1v) is 8.53. The second-order valence-electron chi connectivity index (χ2n) is 6.34. The molecular weight excluding hydrogens is 328 g/mol. The van der Waals surface area contributed by atoms with E-state index >= 15 is 0 Å². The summed E-state index contributed by atoms with van der Waals surface area (Å²) in [6.07, 6.45) is 3.72. The van der Waals surface area contributed by atoms with Gasteiger partial charge in [-0.2, -0.15) is 5.10 Å². The van der Waals surface area contributed by atoms with Gasteiger partial charge in [-0.15, -0.1) is 0 Å². The fourth-order valence-corrected chi connectivity index (χ4v) is 3.05. The number of benzene rings is 2. The Morgan fingerprint density at radius 2 is 2.00 bits per heavy atom. The van der Waals surface area contributed by atoms with Gasteiger partial charge in [0.1, 0.15) is 12.4 Å². The van der Waals surface area contributed by atoms with Crippen molar-refractivity contribution in [1.29, 1.82) is 0 Å². The minimum atomic E-state index is -0.136. The number of urea groups is 1. The predicted molar refractivity (Wildman–Crippen MR) is 98.2 cm³/mol.